The first kappa shape index (κ1) is 17.4. The molecule has 0 spiro atoms. The van der Waals surface area contributed by atoms with Gasteiger partial charge < -0.3 is 0 Å². The fraction of sp³-hybridized carbons (Fsp3) is 0.0870. The van der Waals surface area contributed by atoms with E-state index in [1.165, 1.54) is 0 Å². The van der Waals surface area contributed by atoms with Gasteiger partial charge in [-0.05, 0) is 11.1 Å². The van der Waals surface area contributed by atoms with Crippen molar-refractivity contribution in [3.8, 4) is 0 Å². The van der Waals surface area contributed by atoms with Gasteiger partial charge in [0.05, 0.1) is 0 Å². The summed E-state index contributed by atoms with van der Waals surface area (Å²) in [6, 6.07) is 20.2. The van der Waals surface area contributed by atoms with Crippen molar-refractivity contribution in [2.45, 2.75) is 12.8 Å². The van der Waals surface area contributed by atoms with Gasteiger partial charge in [-0.15, -0.1) is 0 Å². The molecule has 0 N–H and O–H groups in total. The molecule has 1 nitrogen and oxygen atoms in total. The van der Waals surface area contributed by atoms with Crippen LogP contribution < -0.4 is 0 Å². The predicted molar refractivity (Wildman–Crippen MR) is 103 cm³/mol. The Morgan fingerprint density at radius 1 is 0.625 bits per heavy atom. The van der Waals surface area contributed by atoms with Crippen LogP contribution in [0.3, 0.4) is 0 Å². The van der Waals surface area contributed by atoms with Crippen LogP contribution in [0.5, 0.6) is 0 Å². The van der Waals surface area contributed by atoms with Gasteiger partial charge in [-0.1, -0.05) is 109 Å². The Bertz CT molecular complexity index is 656. The minimum Gasteiger partial charge on any atom is -0.299 e. The average Bonchev–Trinajstić information content (AvgIpc) is 2.63. The van der Waals surface area contributed by atoms with Crippen LogP contribution in [0.25, 0.3) is 12.2 Å². The molecule has 0 heterocycles. The average molecular weight is 314 g/mol. The third-order valence-corrected chi connectivity index (χ3v) is 3.36. The highest BCUT2D eigenvalue weighted by molar-refractivity contribution is 5.81. The minimum absolute atomic E-state index is 0.212. The van der Waals surface area contributed by atoms with Crippen molar-refractivity contribution < 1.29 is 4.79 Å². The van der Waals surface area contributed by atoms with Gasteiger partial charge in [-0.2, -0.15) is 0 Å². The van der Waals surface area contributed by atoms with Gasteiger partial charge >= 0.3 is 0 Å². The minimum atomic E-state index is 0.212. The number of rotatable bonds is 8. The molecule has 0 aliphatic rings. The molecule has 0 aliphatic heterocycles. The van der Waals surface area contributed by atoms with E-state index < -0.39 is 0 Å². The summed E-state index contributed by atoms with van der Waals surface area (Å²) in [4.78, 5) is 11.8. The molecule has 0 fully saturated rings. The molecule has 0 radical (unpaired) electrons. The van der Waals surface area contributed by atoms with E-state index in [0.29, 0.717) is 12.8 Å². The van der Waals surface area contributed by atoms with E-state index in [4.69, 9.17) is 0 Å². The van der Waals surface area contributed by atoms with E-state index in [1.54, 1.807) is 0 Å². The van der Waals surface area contributed by atoms with E-state index in [1.807, 2.05) is 109 Å². The van der Waals surface area contributed by atoms with E-state index in [0.717, 1.165) is 11.1 Å². The third-order valence-electron chi connectivity index (χ3n) is 3.36. The molecular weight excluding hydrogens is 292 g/mol. The van der Waals surface area contributed by atoms with Gasteiger partial charge in [0, 0.05) is 12.8 Å². The van der Waals surface area contributed by atoms with Gasteiger partial charge in [0.2, 0.25) is 0 Å². The van der Waals surface area contributed by atoms with Gasteiger partial charge in [0.15, 0.2) is 0 Å². The van der Waals surface area contributed by atoms with Crippen LogP contribution in [-0.4, -0.2) is 5.78 Å². The molecule has 2 aromatic carbocycles. The predicted octanol–water partition coefficient (Wildman–Crippen LogP) is 5.87. The summed E-state index contributed by atoms with van der Waals surface area (Å²) in [5, 5.41) is 0. The summed E-state index contributed by atoms with van der Waals surface area (Å²) in [6.07, 6.45) is 16.5. The van der Waals surface area contributed by atoms with Gasteiger partial charge in [-0.3, -0.25) is 4.79 Å². The lowest BCUT2D eigenvalue weighted by molar-refractivity contribution is -0.117. The first-order chi connectivity index (χ1) is 11.8. The lowest BCUT2D eigenvalue weighted by Gasteiger charge is -1.91. The number of Topliss-reactive ketones (excluding diaryl/α,β-unsaturated/α-hetero) is 1. The molecule has 0 atom stereocenters. The Kier molecular flexibility index (Phi) is 7.80. The first-order valence-electron chi connectivity index (χ1n) is 8.13. The molecule has 0 bridgehead atoms. The van der Waals surface area contributed by atoms with Crippen LogP contribution in [0, 0.1) is 0 Å². The van der Waals surface area contributed by atoms with Crippen molar-refractivity contribution in [2.75, 3.05) is 0 Å². The first-order valence-corrected chi connectivity index (χ1v) is 8.13. The summed E-state index contributed by atoms with van der Waals surface area (Å²) in [7, 11) is 0. The zero-order chi connectivity index (χ0) is 16.9. The van der Waals surface area contributed by atoms with Gasteiger partial charge in [-0.25, -0.2) is 0 Å². The zero-order valence-corrected chi connectivity index (χ0v) is 13.7. The highest BCUT2D eigenvalue weighted by atomic mass is 16.1. The summed E-state index contributed by atoms with van der Waals surface area (Å²) >= 11 is 0. The standard InChI is InChI=1S/C23H22O/c24-23(19-11-3-9-17-21-13-5-1-6-14-21)20-12-4-10-18-22-15-7-2-8-16-22/h1-18H,19-20H2. The summed E-state index contributed by atoms with van der Waals surface area (Å²) in [5.41, 5.74) is 2.31. The Balaban J connectivity index is 1.66. The molecule has 24 heavy (non-hydrogen) atoms. The molecule has 2 aromatic rings. The van der Waals surface area contributed by atoms with E-state index in [9.17, 15) is 4.79 Å². The second kappa shape index (κ2) is 10.7. The van der Waals surface area contributed by atoms with Crippen molar-refractivity contribution in [1.82, 2.24) is 0 Å². The highest BCUT2D eigenvalue weighted by Gasteiger charge is 1.93. The van der Waals surface area contributed by atoms with Crippen molar-refractivity contribution in [1.29, 1.82) is 0 Å². The summed E-state index contributed by atoms with van der Waals surface area (Å²) in [5.74, 6) is 0.212. The summed E-state index contributed by atoms with van der Waals surface area (Å²) < 4.78 is 0. The maximum absolute atomic E-state index is 11.8. The second-order valence-corrected chi connectivity index (χ2v) is 5.34. The number of carbonyl (C=O) groups excluding carboxylic acids is 1. The highest BCUT2D eigenvalue weighted by Crippen LogP contribution is 2.02. The Hall–Kier alpha value is -2.93. The van der Waals surface area contributed by atoms with Crippen LogP contribution in [-0.2, 0) is 4.79 Å². The number of carbonyl (C=O) groups is 1. The number of hydrogen-bond acceptors (Lipinski definition) is 1. The van der Waals surface area contributed by atoms with Gasteiger partial charge in [0.1, 0.15) is 5.78 Å². The molecular formula is C23H22O. The monoisotopic (exact) mass is 314 g/mol. The fourth-order valence-electron chi connectivity index (χ4n) is 2.10. The SMILES string of the molecule is O=C(CC=CC=Cc1ccccc1)CC=CC=Cc1ccccc1. The van der Waals surface area contributed by atoms with Crippen LogP contribution in [0.4, 0.5) is 0 Å². The molecule has 120 valence electrons. The number of benzene rings is 2. The summed E-state index contributed by atoms with van der Waals surface area (Å²) in [6.45, 7) is 0. The Morgan fingerprint density at radius 2 is 1.04 bits per heavy atom. The van der Waals surface area contributed by atoms with Crippen LogP contribution in [0.15, 0.2) is 97.1 Å². The van der Waals surface area contributed by atoms with E-state index in [2.05, 4.69) is 0 Å². The topological polar surface area (TPSA) is 17.1 Å². The molecule has 0 aromatic heterocycles. The van der Waals surface area contributed by atoms with Crippen molar-refractivity contribution in [2.24, 2.45) is 0 Å². The third kappa shape index (κ3) is 7.37. The normalized spacial score (nSPS) is 12.0. The van der Waals surface area contributed by atoms with Crippen molar-refractivity contribution in [3.05, 3.63) is 108 Å². The molecule has 0 amide bonds. The Morgan fingerprint density at radius 3 is 1.46 bits per heavy atom. The van der Waals surface area contributed by atoms with E-state index >= 15 is 0 Å². The van der Waals surface area contributed by atoms with E-state index in [-0.39, 0.29) is 5.78 Å². The zero-order valence-electron chi connectivity index (χ0n) is 13.7. The van der Waals surface area contributed by atoms with Crippen LogP contribution in [0.2, 0.25) is 0 Å². The molecule has 0 saturated carbocycles. The van der Waals surface area contributed by atoms with Gasteiger partial charge in [0.25, 0.3) is 0 Å². The largest absolute Gasteiger partial charge is 0.299 e. The number of ketones is 1. The second-order valence-electron chi connectivity index (χ2n) is 5.34. The van der Waals surface area contributed by atoms with Crippen molar-refractivity contribution >= 4 is 17.9 Å². The number of allylic oxidation sites excluding steroid dienone is 6. The number of hydrogen-bond donors (Lipinski definition) is 0. The molecule has 0 saturated heterocycles. The molecule has 0 aliphatic carbocycles. The van der Waals surface area contributed by atoms with Crippen LogP contribution >= 0.6 is 0 Å². The van der Waals surface area contributed by atoms with Crippen molar-refractivity contribution in [3.63, 3.8) is 0 Å². The lowest BCUT2D eigenvalue weighted by Crippen LogP contribution is -1.91. The maximum atomic E-state index is 11.8. The lowest BCUT2D eigenvalue weighted by atomic mass is 10.1. The fourth-order valence-corrected chi connectivity index (χ4v) is 2.10. The molecule has 0 unspecified atom stereocenters. The molecule has 1 heteroatoms. The quantitative estimate of drug-likeness (QED) is 0.556. The maximum Gasteiger partial charge on any atom is 0.140 e. The Labute approximate surface area is 144 Å². The van der Waals surface area contributed by atoms with Crippen LogP contribution in [0.1, 0.15) is 24.0 Å². The smallest absolute Gasteiger partial charge is 0.140 e. The molecule has 2 rings (SSSR count).